The van der Waals surface area contributed by atoms with Gasteiger partial charge in [-0.1, -0.05) is 6.42 Å². The van der Waals surface area contributed by atoms with E-state index in [4.69, 9.17) is 0 Å². The summed E-state index contributed by atoms with van der Waals surface area (Å²) in [4.78, 5) is 9.22. The lowest BCUT2D eigenvalue weighted by Gasteiger charge is -2.08. The molecule has 0 aromatic rings. The van der Waals surface area contributed by atoms with Crippen molar-refractivity contribution in [3.63, 3.8) is 0 Å². The zero-order valence-corrected chi connectivity index (χ0v) is 6.52. The summed E-state index contributed by atoms with van der Waals surface area (Å²) in [6, 6.07) is 0. The van der Waals surface area contributed by atoms with Gasteiger partial charge in [0, 0.05) is 6.92 Å². The highest BCUT2D eigenvalue weighted by Crippen LogP contribution is 1.96. The van der Waals surface area contributed by atoms with E-state index in [0.717, 1.165) is 0 Å². The van der Waals surface area contributed by atoms with Gasteiger partial charge < -0.3 is 11.1 Å². The minimum Gasteiger partial charge on any atom is -0.370 e. The molecule has 0 spiro atoms. The first-order valence-electron chi connectivity index (χ1n) is 3.70. The molecule has 10 heavy (non-hydrogen) atoms. The lowest BCUT2D eigenvalue weighted by Crippen LogP contribution is -2.21. The van der Waals surface area contributed by atoms with Gasteiger partial charge >= 0.3 is 0 Å². The van der Waals surface area contributed by atoms with Gasteiger partial charge in [-0.05, 0) is 25.9 Å². The van der Waals surface area contributed by atoms with Crippen LogP contribution in [0.4, 0.5) is 0 Å². The lowest BCUT2D eigenvalue weighted by atomic mass is 10.2. The number of rotatable bonds is 0. The Hall–Kier alpha value is -0.570. The zero-order chi connectivity index (χ0) is 7.82. The van der Waals surface area contributed by atoms with Crippen LogP contribution >= 0.6 is 0 Å². The van der Waals surface area contributed by atoms with Crippen molar-refractivity contribution < 1.29 is 4.79 Å². The normalized spacial score (nSPS) is 16.9. The van der Waals surface area contributed by atoms with Gasteiger partial charge in [-0.3, -0.25) is 4.79 Å². The van der Waals surface area contributed by atoms with Crippen molar-refractivity contribution in [2.24, 2.45) is 5.73 Å². The summed E-state index contributed by atoms with van der Waals surface area (Å²) in [7, 11) is 0. The van der Waals surface area contributed by atoms with E-state index in [2.05, 4.69) is 11.1 Å². The molecule has 1 saturated heterocycles. The summed E-state index contributed by atoms with van der Waals surface area (Å²) in [6.45, 7) is 3.81. The maximum absolute atomic E-state index is 9.22. The Kier molecular flexibility index (Phi) is 6.18. The van der Waals surface area contributed by atoms with E-state index in [1.807, 2.05) is 0 Å². The Labute approximate surface area is 62.0 Å². The minimum atomic E-state index is -0.333. The van der Waals surface area contributed by atoms with Crippen LogP contribution in [-0.2, 0) is 4.79 Å². The van der Waals surface area contributed by atoms with Gasteiger partial charge in [0.25, 0.3) is 0 Å². The van der Waals surface area contributed by atoms with Gasteiger partial charge in [0.2, 0.25) is 5.91 Å². The van der Waals surface area contributed by atoms with Crippen LogP contribution < -0.4 is 11.1 Å². The third-order valence-corrected chi connectivity index (χ3v) is 1.21. The first kappa shape index (κ1) is 9.43. The Morgan fingerprint density at radius 1 is 1.30 bits per heavy atom. The van der Waals surface area contributed by atoms with Gasteiger partial charge in [0.15, 0.2) is 0 Å². The molecule has 0 bridgehead atoms. The Morgan fingerprint density at radius 2 is 1.70 bits per heavy atom. The third kappa shape index (κ3) is 10.4. The number of amides is 1. The van der Waals surface area contributed by atoms with Crippen LogP contribution in [0.25, 0.3) is 0 Å². The Morgan fingerprint density at radius 3 is 1.80 bits per heavy atom. The second kappa shape index (κ2) is 6.55. The van der Waals surface area contributed by atoms with E-state index in [9.17, 15) is 4.79 Å². The highest BCUT2D eigenvalue weighted by atomic mass is 16.1. The van der Waals surface area contributed by atoms with Crippen LogP contribution in [0.3, 0.4) is 0 Å². The number of primary amides is 1. The second-order valence-electron chi connectivity index (χ2n) is 2.42. The van der Waals surface area contributed by atoms with Crippen LogP contribution in [0.5, 0.6) is 0 Å². The van der Waals surface area contributed by atoms with Gasteiger partial charge in [0.05, 0.1) is 0 Å². The van der Waals surface area contributed by atoms with Gasteiger partial charge in [-0.2, -0.15) is 0 Å². The lowest BCUT2D eigenvalue weighted by molar-refractivity contribution is -0.115. The maximum atomic E-state index is 9.22. The first-order valence-corrected chi connectivity index (χ1v) is 3.70. The van der Waals surface area contributed by atoms with E-state index >= 15 is 0 Å². The fraction of sp³-hybridized carbons (Fsp3) is 0.857. The number of carbonyl (C=O) groups excluding carboxylic acids is 1. The summed E-state index contributed by atoms with van der Waals surface area (Å²) in [6.07, 6.45) is 4.22. The summed E-state index contributed by atoms with van der Waals surface area (Å²) < 4.78 is 0. The number of nitrogens with one attached hydrogen (secondary N) is 1. The zero-order valence-electron chi connectivity index (χ0n) is 6.52. The second-order valence-corrected chi connectivity index (χ2v) is 2.42. The van der Waals surface area contributed by atoms with Crippen LogP contribution in [0.2, 0.25) is 0 Å². The molecular weight excluding hydrogens is 128 g/mol. The van der Waals surface area contributed by atoms with Crippen molar-refractivity contribution in [1.82, 2.24) is 5.32 Å². The quantitative estimate of drug-likeness (QED) is 0.512. The summed E-state index contributed by atoms with van der Waals surface area (Å²) in [5, 5.41) is 3.28. The smallest absolute Gasteiger partial charge is 0.214 e. The van der Waals surface area contributed by atoms with E-state index in [1.165, 1.54) is 39.3 Å². The SMILES string of the molecule is C1CCNCC1.CC(N)=O. The number of hydrogen-bond donors (Lipinski definition) is 2. The first-order chi connectivity index (χ1) is 4.73. The topological polar surface area (TPSA) is 55.1 Å². The summed E-state index contributed by atoms with van der Waals surface area (Å²) in [5.41, 5.74) is 4.47. The molecule has 0 aromatic heterocycles. The monoisotopic (exact) mass is 144 g/mol. The minimum absolute atomic E-state index is 0.333. The van der Waals surface area contributed by atoms with E-state index in [-0.39, 0.29) is 5.91 Å². The molecule has 3 heteroatoms. The molecular formula is C7H16N2O. The molecule has 1 aliphatic rings. The van der Waals surface area contributed by atoms with Crippen LogP contribution in [0, 0.1) is 0 Å². The molecule has 0 aromatic carbocycles. The fourth-order valence-electron chi connectivity index (χ4n) is 0.802. The van der Waals surface area contributed by atoms with E-state index in [0.29, 0.717) is 0 Å². The van der Waals surface area contributed by atoms with Gasteiger partial charge in [-0.15, -0.1) is 0 Å². The highest BCUT2D eigenvalue weighted by molar-refractivity contribution is 5.70. The average molecular weight is 144 g/mol. The summed E-state index contributed by atoms with van der Waals surface area (Å²) >= 11 is 0. The molecule has 0 saturated carbocycles. The van der Waals surface area contributed by atoms with Crippen molar-refractivity contribution in [1.29, 1.82) is 0 Å². The largest absolute Gasteiger partial charge is 0.370 e. The molecule has 3 N–H and O–H groups in total. The predicted molar refractivity (Wildman–Crippen MR) is 41.6 cm³/mol. The molecule has 1 heterocycles. The van der Waals surface area contributed by atoms with Crippen molar-refractivity contribution in [3.05, 3.63) is 0 Å². The number of nitrogens with two attached hydrogens (primary N) is 1. The third-order valence-electron chi connectivity index (χ3n) is 1.21. The molecule has 1 aliphatic heterocycles. The van der Waals surface area contributed by atoms with E-state index in [1.54, 1.807) is 0 Å². The molecule has 0 atom stereocenters. The van der Waals surface area contributed by atoms with Gasteiger partial charge in [-0.25, -0.2) is 0 Å². The van der Waals surface area contributed by atoms with Crippen molar-refractivity contribution in [3.8, 4) is 0 Å². The average Bonchev–Trinajstić information content (AvgIpc) is 1.90. The predicted octanol–water partition coefficient (Wildman–Crippen LogP) is 0.251. The molecule has 1 fully saturated rings. The molecule has 0 unspecified atom stereocenters. The number of piperidine rings is 1. The van der Waals surface area contributed by atoms with Crippen molar-refractivity contribution in [2.75, 3.05) is 13.1 Å². The molecule has 60 valence electrons. The molecule has 1 rings (SSSR count). The standard InChI is InChI=1S/C5H11N.C2H5NO/c1-2-4-6-5-3-1;1-2(3)4/h6H,1-5H2;1H3,(H2,3,4). The van der Waals surface area contributed by atoms with Crippen LogP contribution in [0.1, 0.15) is 26.2 Å². The Balaban J connectivity index is 0.000000180. The van der Waals surface area contributed by atoms with Crippen molar-refractivity contribution >= 4 is 5.91 Å². The van der Waals surface area contributed by atoms with E-state index < -0.39 is 0 Å². The summed E-state index contributed by atoms with van der Waals surface area (Å²) in [5.74, 6) is -0.333. The van der Waals surface area contributed by atoms with Crippen molar-refractivity contribution in [2.45, 2.75) is 26.2 Å². The number of carbonyl (C=O) groups is 1. The molecule has 0 aliphatic carbocycles. The molecule has 0 radical (unpaired) electrons. The Bertz CT molecular complexity index is 74.1. The number of hydrogen-bond acceptors (Lipinski definition) is 2. The molecule has 3 nitrogen and oxygen atoms in total. The fourth-order valence-corrected chi connectivity index (χ4v) is 0.802. The maximum Gasteiger partial charge on any atom is 0.214 e. The van der Waals surface area contributed by atoms with Crippen LogP contribution in [0.15, 0.2) is 0 Å². The molecule has 1 amide bonds. The van der Waals surface area contributed by atoms with Crippen LogP contribution in [-0.4, -0.2) is 19.0 Å². The highest BCUT2D eigenvalue weighted by Gasteiger charge is 1.93. The van der Waals surface area contributed by atoms with Gasteiger partial charge in [0.1, 0.15) is 0 Å².